The molecule has 2 atom stereocenters. The van der Waals surface area contributed by atoms with E-state index in [0.717, 1.165) is 24.2 Å². The number of rotatable bonds is 13. The average molecular weight is 527 g/mol. The van der Waals surface area contributed by atoms with E-state index in [2.05, 4.69) is 24.5 Å². The first-order valence-electron chi connectivity index (χ1n) is 14.1. The van der Waals surface area contributed by atoms with Gasteiger partial charge >= 0.3 is 0 Å². The Kier molecular flexibility index (Phi) is 11.0. The molecule has 2 aromatic rings. The number of benzene rings is 1. The zero-order valence-corrected chi connectivity index (χ0v) is 24.0. The second-order valence-corrected chi connectivity index (χ2v) is 11.0. The summed E-state index contributed by atoms with van der Waals surface area (Å²) < 4.78 is 13.1. The molecule has 0 spiro atoms. The first-order chi connectivity index (χ1) is 18.3. The molecule has 8 nitrogen and oxygen atoms in total. The van der Waals surface area contributed by atoms with E-state index in [9.17, 15) is 9.59 Å². The van der Waals surface area contributed by atoms with E-state index in [1.807, 2.05) is 36.7 Å². The Hall–Kier alpha value is -3.03. The van der Waals surface area contributed by atoms with Crippen molar-refractivity contribution in [2.24, 2.45) is 17.8 Å². The van der Waals surface area contributed by atoms with E-state index in [-0.39, 0.29) is 30.2 Å². The van der Waals surface area contributed by atoms with Gasteiger partial charge in [-0.2, -0.15) is 5.10 Å². The molecule has 2 unspecified atom stereocenters. The van der Waals surface area contributed by atoms with E-state index in [0.29, 0.717) is 35.6 Å². The molecule has 1 aliphatic carbocycles. The second-order valence-electron chi connectivity index (χ2n) is 11.0. The summed E-state index contributed by atoms with van der Waals surface area (Å²) in [6, 6.07) is 7.12. The van der Waals surface area contributed by atoms with Crippen molar-refractivity contribution in [3.05, 3.63) is 30.0 Å². The van der Waals surface area contributed by atoms with Gasteiger partial charge in [0.1, 0.15) is 11.5 Å². The second kappa shape index (κ2) is 14.2. The molecule has 1 aromatic carbocycles. The van der Waals surface area contributed by atoms with Crippen molar-refractivity contribution in [3.63, 3.8) is 0 Å². The summed E-state index contributed by atoms with van der Waals surface area (Å²) in [5.41, 5.74) is 1.83. The number of hydrogen-bond acceptors (Lipinski definition) is 5. The van der Waals surface area contributed by atoms with Crippen LogP contribution < -0.4 is 20.1 Å². The SMILES string of the molecule is CCC(C)Cn1nc(C(=O)NC(CC(=O)NCC2CCCCC2)C(C)C)cc1-c1c(OC)cccc1OC. The number of nitrogens with zero attached hydrogens (tertiary/aromatic N) is 2. The predicted octanol–water partition coefficient (Wildman–Crippen LogP) is 5.45. The highest BCUT2D eigenvalue weighted by atomic mass is 16.5. The standard InChI is InChI=1S/C30H46N4O4/c1-7-21(4)19-34-25(29-26(37-5)14-11-15-27(29)38-6)16-24(33-34)30(36)32-23(20(2)3)17-28(35)31-18-22-12-9-8-10-13-22/h11,14-16,20-23H,7-10,12-13,17-19H2,1-6H3,(H,31,35)(H,32,36). The monoisotopic (exact) mass is 526 g/mol. The molecule has 2 amide bonds. The number of carbonyl (C=O) groups excluding carboxylic acids is 2. The van der Waals surface area contributed by atoms with Gasteiger partial charge in [0.25, 0.3) is 5.91 Å². The number of carbonyl (C=O) groups is 2. The molecule has 1 aliphatic rings. The third-order valence-corrected chi connectivity index (χ3v) is 7.72. The van der Waals surface area contributed by atoms with Gasteiger partial charge in [0.05, 0.1) is 25.5 Å². The lowest BCUT2D eigenvalue weighted by Crippen LogP contribution is -2.43. The van der Waals surface area contributed by atoms with Gasteiger partial charge in [-0.05, 0) is 48.8 Å². The molecular weight excluding hydrogens is 480 g/mol. The van der Waals surface area contributed by atoms with Crippen LogP contribution in [0.4, 0.5) is 0 Å². The van der Waals surface area contributed by atoms with Crippen molar-refractivity contribution in [2.45, 2.75) is 85.2 Å². The van der Waals surface area contributed by atoms with Crippen LogP contribution >= 0.6 is 0 Å². The van der Waals surface area contributed by atoms with Crippen LogP contribution in [0.3, 0.4) is 0 Å². The summed E-state index contributed by atoms with van der Waals surface area (Å²) in [5, 5.41) is 10.9. The van der Waals surface area contributed by atoms with Crippen molar-refractivity contribution in [2.75, 3.05) is 20.8 Å². The summed E-state index contributed by atoms with van der Waals surface area (Å²) in [4.78, 5) is 26.2. The maximum atomic E-state index is 13.4. The van der Waals surface area contributed by atoms with Crippen LogP contribution in [0.25, 0.3) is 11.3 Å². The van der Waals surface area contributed by atoms with E-state index >= 15 is 0 Å². The third-order valence-electron chi connectivity index (χ3n) is 7.72. The van der Waals surface area contributed by atoms with Crippen molar-refractivity contribution in [1.82, 2.24) is 20.4 Å². The number of amides is 2. The molecule has 3 rings (SSSR count). The predicted molar refractivity (Wildman–Crippen MR) is 151 cm³/mol. The van der Waals surface area contributed by atoms with Gasteiger partial charge in [-0.15, -0.1) is 0 Å². The molecule has 0 aliphatic heterocycles. The van der Waals surface area contributed by atoms with Crippen molar-refractivity contribution in [3.8, 4) is 22.8 Å². The Bertz CT molecular complexity index is 1040. The first-order valence-corrected chi connectivity index (χ1v) is 14.1. The fraction of sp³-hybridized carbons (Fsp3) is 0.633. The topological polar surface area (TPSA) is 94.5 Å². The number of aromatic nitrogens is 2. The van der Waals surface area contributed by atoms with Gasteiger partial charge in [0.2, 0.25) is 5.91 Å². The Labute approximate surface area is 227 Å². The van der Waals surface area contributed by atoms with Crippen LogP contribution in [-0.2, 0) is 11.3 Å². The van der Waals surface area contributed by atoms with Gasteiger partial charge < -0.3 is 20.1 Å². The van der Waals surface area contributed by atoms with E-state index in [1.165, 1.54) is 32.1 Å². The number of nitrogens with one attached hydrogen (secondary N) is 2. The normalized spacial score (nSPS) is 15.7. The molecule has 38 heavy (non-hydrogen) atoms. The number of hydrogen-bond donors (Lipinski definition) is 2. The fourth-order valence-corrected chi connectivity index (χ4v) is 5.01. The van der Waals surface area contributed by atoms with Crippen LogP contribution in [0, 0.1) is 17.8 Å². The fourth-order valence-electron chi connectivity index (χ4n) is 5.01. The highest BCUT2D eigenvalue weighted by Gasteiger charge is 2.26. The molecule has 0 bridgehead atoms. The Morgan fingerprint density at radius 1 is 1.08 bits per heavy atom. The van der Waals surface area contributed by atoms with Gasteiger partial charge in [0, 0.05) is 25.6 Å². The van der Waals surface area contributed by atoms with Crippen molar-refractivity contribution >= 4 is 11.8 Å². The molecular formula is C30H46N4O4. The number of ether oxygens (including phenoxy) is 2. The number of methoxy groups -OCH3 is 2. The summed E-state index contributed by atoms with van der Waals surface area (Å²) in [6.45, 7) is 9.71. The summed E-state index contributed by atoms with van der Waals surface area (Å²) >= 11 is 0. The maximum absolute atomic E-state index is 13.4. The van der Waals surface area contributed by atoms with E-state index in [1.54, 1.807) is 20.3 Å². The Balaban J connectivity index is 1.80. The lowest BCUT2D eigenvalue weighted by Gasteiger charge is -2.24. The summed E-state index contributed by atoms with van der Waals surface area (Å²) in [5.74, 6) is 2.02. The summed E-state index contributed by atoms with van der Waals surface area (Å²) in [6.07, 6.45) is 7.39. The van der Waals surface area contributed by atoms with Crippen LogP contribution in [0.5, 0.6) is 11.5 Å². The van der Waals surface area contributed by atoms with Crippen LogP contribution in [0.1, 0.15) is 83.1 Å². The molecule has 2 N–H and O–H groups in total. The van der Waals surface area contributed by atoms with Crippen molar-refractivity contribution < 1.29 is 19.1 Å². The van der Waals surface area contributed by atoms with Gasteiger partial charge in [0.15, 0.2) is 5.69 Å². The van der Waals surface area contributed by atoms with E-state index in [4.69, 9.17) is 14.6 Å². The molecule has 8 heteroatoms. The van der Waals surface area contributed by atoms with Gasteiger partial charge in [-0.1, -0.05) is 59.4 Å². The minimum absolute atomic E-state index is 0.0173. The Morgan fingerprint density at radius 2 is 1.74 bits per heavy atom. The largest absolute Gasteiger partial charge is 0.496 e. The minimum atomic E-state index is -0.294. The van der Waals surface area contributed by atoms with E-state index < -0.39 is 0 Å². The zero-order valence-electron chi connectivity index (χ0n) is 24.0. The average Bonchev–Trinajstić information content (AvgIpc) is 3.34. The molecule has 0 radical (unpaired) electrons. The molecule has 1 fully saturated rings. The highest BCUT2D eigenvalue weighted by molar-refractivity contribution is 5.94. The van der Waals surface area contributed by atoms with Crippen LogP contribution in [-0.4, -0.2) is 48.4 Å². The molecule has 1 heterocycles. The molecule has 0 saturated heterocycles. The summed E-state index contributed by atoms with van der Waals surface area (Å²) in [7, 11) is 3.24. The van der Waals surface area contributed by atoms with Gasteiger partial charge in [-0.25, -0.2) is 0 Å². The van der Waals surface area contributed by atoms with Crippen molar-refractivity contribution in [1.29, 1.82) is 0 Å². The quantitative estimate of drug-likeness (QED) is 0.362. The molecule has 210 valence electrons. The maximum Gasteiger partial charge on any atom is 0.272 e. The smallest absolute Gasteiger partial charge is 0.272 e. The first kappa shape index (κ1) is 29.5. The zero-order chi connectivity index (χ0) is 27.7. The highest BCUT2D eigenvalue weighted by Crippen LogP contribution is 2.39. The van der Waals surface area contributed by atoms with Crippen LogP contribution in [0.2, 0.25) is 0 Å². The lowest BCUT2D eigenvalue weighted by molar-refractivity contribution is -0.122. The Morgan fingerprint density at radius 3 is 2.32 bits per heavy atom. The molecule has 1 aromatic heterocycles. The third kappa shape index (κ3) is 7.74. The van der Waals surface area contributed by atoms with Gasteiger partial charge in [-0.3, -0.25) is 14.3 Å². The van der Waals surface area contributed by atoms with Crippen LogP contribution in [0.15, 0.2) is 24.3 Å². The minimum Gasteiger partial charge on any atom is -0.496 e. The lowest BCUT2D eigenvalue weighted by atomic mass is 9.89. The molecule has 1 saturated carbocycles.